The first-order valence-electron chi connectivity index (χ1n) is 9.86. The number of nitrogens with zero attached hydrogens (tertiary/aromatic N) is 2. The van der Waals surface area contributed by atoms with Crippen molar-refractivity contribution < 1.29 is 9.53 Å². The van der Waals surface area contributed by atoms with Gasteiger partial charge in [0.15, 0.2) is 0 Å². The first kappa shape index (κ1) is 20.0. The van der Waals surface area contributed by atoms with Crippen molar-refractivity contribution in [1.29, 1.82) is 0 Å². The quantitative estimate of drug-likeness (QED) is 0.383. The third kappa shape index (κ3) is 4.81. The molecule has 0 saturated carbocycles. The second kappa shape index (κ2) is 9.46. The third-order valence-corrected chi connectivity index (χ3v) is 5.86. The van der Waals surface area contributed by atoms with Crippen LogP contribution < -0.4 is 4.74 Å². The van der Waals surface area contributed by atoms with E-state index in [1.54, 1.807) is 7.11 Å². The van der Waals surface area contributed by atoms with Gasteiger partial charge < -0.3 is 14.2 Å². The van der Waals surface area contributed by atoms with Crippen LogP contribution in [-0.4, -0.2) is 22.5 Å². The number of hydrogen-bond donors (Lipinski definition) is 0. The van der Waals surface area contributed by atoms with Crippen molar-refractivity contribution in [2.45, 2.75) is 19.6 Å². The van der Waals surface area contributed by atoms with Crippen LogP contribution >= 0.6 is 11.3 Å². The number of aromatic nitrogens is 1. The Morgan fingerprint density at radius 3 is 2.53 bits per heavy atom. The highest BCUT2D eigenvalue weighted by atomic mass is 32.1. The van der Waals surface area contributed by atoms with E-state index in [-0.39, 0.29) is 5.91 Å². The van der Waals surface area contributed by atoms with Crippen LogP contribution in [0, 0.1) is 0 Å². The van der Waals surface area contributed by atoms with Gasteiger partial charge in [-0.2, -0.15) is 0 Å². The van der Waals surface area contributed by atoms with Crippen molar-refractivity contribution in [3.05, 3.63) is 112 Å². The van der Waals surface area contributed by atoms with E-state index >= 15 is 0 Å². The fourth-order valence-corrected chi connectivity index (χ4v) is 4.16. The summed E-state index contributed by atoms with van der Waals surface area (Å²) in [6.07, 6.45) is 2.06. The molecule has 4 nitrogen and oxygen atoms in total. The van der Waals surface area contributed by atoms with Crippen molar-refractivity contribution in [2.75, 3.05) is 7.11 Å². The molecular weight excluding hydrogens is 392 g/mol. The van der Waals surface area contributed by atoms with E-state index in [9.17, 15) is 4.79 Å². The lowest BCUT2D eigenvalue weighted by Gasteiger charge is -2.23. The number of thiophene rings is 1. The summed E-state index contributed by atoms with van der Waals surface area (Å²) in [6.45, 7) is 1.84. The van der Waals surface area contributed by atoms with Gasteiger partial charge in [-0.3, -0.25) is 4.79 Å². The predicted molar refractivity (Wildman–Crippen MR) is 121 cm³/mol. The second-order valence-electron chi connectivity index (χ2n) is 7.10. The summed E-state index contributed by atoms with van der Waals surface area (Å²) in [6, 6.07) is 26.1. The van der Waals surface area contributed by atoms with E-state index in [0.717, 1.165) is 34.0 Å². The van der Waals surface area contributed by atoms with Gasteiger partial charge in [-0.05, 0) is 46.8 Å². The third-order valence-electron chi connectivity index (χ3n) is 5.00. The monoisotopic (exact) mass is 416 g/mol. The molecule has 0 spiro atoms. The summed E-state index contributed by atoms with van der Waals surface area (Å²) in [4.78, 5) is 15.9. The smallest absolute Gasteiger partial charge is 0.264 e. The maximum Gasteiger partial charge on any atom is 0.264 e. The van der Waals surface area contributed by atoms with Gasteiger partial charge in [0.25, 0.3) is 5.91 Å². The Labute approximate surface area is 181 Å². The molecule has 0 atom stereocenters. The minimum atomic E-state index is 0.0583. The van der Waals surface area contributed by atoms with E-state index in [1.807, 2.05) is 64.9 Å². The zero-order valence-corrected chi connectivity index (χ0v) is 17.7. The van der Waals surface area contributed by atoms with Gasteiger partial charge in [-0.1, -0.05) is 48.5 Å². The van der Waals surface area contributed by atoms with Gasteiger partial charge in [0.2, 0.25) is 0 Å². The maximum atomic E-state index is 13.2. The van der Waals surface area contributed by atoms with Crippen LogP contribution in [0.2, 0.25) is 0 Å². The zero-order valence-electron chi connectivity index (χ0n) is 16.9. The Morgan fingerprint density at radius 2 is 1.77 bits per heavy atom. The molecule has 0 unspecified atom stereocenters. The number of benzene rings is 2. The lowest BCUT2D eigenvalue weighted by Crippen LogP contribution is -2.30. The Kier molecular flexibility index (Phi) is 6.30. The van der Waals surface area contributed by atoms with Gasteiger partial charge in [0.1, 0.15) is 5.75 Å². The molecule has 0 radical (unpaired) electrons. The standard InChI is InChI=1S/C25H24N2O2S/c1-29-23-12-5-10-21(16-23)18-26-14-6-11-22(26)19-27(17-20-8-3-2-4-9-20)25(28)24-13-7-15-30-24/h2-16H,17-19H2,1H3. The number of methoxy groups -OCH3 is 1. The van der Waals surface area contributed by atoms with Crippen LogP contribution in [0.1, 0.15) is 26.5 Å². The van der Waals surface area contributed by atoms with Crippen LogP contribution in [0.4, 0.5) is 0 Å². The Hall–Kier alpha value is -3.31. The fourth-order valence-electron chi connectivity index (χ4n) is 3.47. The first-order valence-corrected chi connectivity index (χ1v) is 10.7. The molecule has 5 heteroatoms. The van der Waals surface area contributed by atoms with Gasteiger partial charge in [0, 0.05) is 25.0 Å². The largest absolute Gasteiger partial charge is 0.497 e. The van der Waals surface area contributed by atoms with E-state index in [2.05, 4.69) is 35.0 Å². The molecule has 0 fully saturated rings. The van der Waals surface area contributed by atoms with Gasteiger partial charge in [-0.25, -0.2) is 0 Å². The average Bonchev–Trinajstić information content (AvgIpc) is 3.46. The molecule has 1 amide bonds. The zero-order chi connectivity index (χ0) is 20.8. The van der Waals surface area contributed by atoms with E-state index in [0.29, 0.717) is 13.1 Å². The molecule has 0 aliphatic rings. The maximum absolute atomic E-state index is 13.2. The molecule has 2 heterocycles. The van der Waals surface area contributed by atoms with Gasteiger partial charge in [-0.15, -0.1) is 11.3 Å². The average molecular weight is 417 g/mol. The number of ether oxygens (including phenoxy) is 1. The van der Waals surface area contributed by atoms with Crippen molar-refractivity contribution in [3.63, 3.8) is 0 Å². The number of hydrogen-bond acceptors (Lipinski definition) is 3. The van der Waals surface area contributed by atoms with Crippen LogP contribution in [-0.2, 0) is 19.6 Å². The van der Waals surface area contributed by atoms with Crippen molar-refractivity contribution >= 4 is 17.2 Å². The summed E-state index contributed by atoms with van der Waals surface area (Å²) in [5.74, 6) is 0.905. The van der Waals surface area contributed by atoms with Gasteiger partial charge >= 0.3 is 0 Å². The highest BCUT2D eigenvalue weighted by Crippen LogP contribution is 2.19. The molecular formula is C25H24N2O2S. The van der Waals surface area contributed by atoms with Crippen LogP contribution in [0.25, 0.3) is 0 Å². The minimum Gasteiger partial charge on any atom is -0.497 e. The van der Waals surface area contributed by atoms with Crippen molar-refractivity contribution in [2.24, 2.45) is 0 Å². The predicted octanol–water partition coefficient (Wildman–Crippen LogP) is 5.45. The SMILES string of the molecule is COc1cccc(Cn2cccc2CN(Cc2ccccc2)C(=O)c2cccs2)c1. The molecule has 2 aromatic heterocycles. The summed E-state index contributed by atoms with van der Waals surface area (Å²) < 4.78 is 7.54. The Bertz CT molecular complexity index is 1090. The number of amides is 1. The Balaban J connectivity index is 1.57. The molecule has 0 bridgehead atoms. The van der Waals surface area contributed by atoms with Crippen molar-refractivity contribution in [3.8, 4) is 5.75 Å². The lowest BCUT2D eigenvalue weighted by molar-refractivity contribution is 0.0731. The normalized spacial score (nSPS) is 10.7. The Morgan fingerprint density at radius 1 is 0.933 bits per heavy atom. The summed E-state index contributed by atoms with van der Waals surface area (Å²) in [5.41, 5.74) is 3.37. The molecule has 30 heavy (non-hydrogen) atoms. The first-order chi connectivity index (χ1) is 14.7. The van der Waals surface area contributed by atoms with E-state index in [4.69, 9.17) is 4.74 Å². The number of carbonyl (C=O) groups excluding carboxylic acids is 1. The molecule has 0 aliphatic carbocycles. The van der Waals surface area contributed by atoms with E-state index in [1.165, 1.54) is 11.3 Å². The van der Waals surface area contributed by atoms with Crippen LogP contribution in [0.3, 0.4) is 0 Å². The summed E-state index contributed by atoms with van der Waals surface area (Å²) in [7, 11) is 1.68. The highest BCUT2D eigenvalue weighted by Gasteiger charge is 2.19. The summed E-state index contributed by atoms with van der Waals surface area (Å²) >= 11 is 1.48. The molecule has 4 rings (SSSR count). The van der Waals surface area contributed by atoms with Crippen LogP contribution in [0.15, 0.2) is 90.4 Å². The lowest BCUT2D eigenvalue weighted by atomic mass is 10.2. The highest BCUT2D eigenvalue weighted by molar-refractivity contribution is 7.12. The van der Waals surface area contributed by atoms with E-state index < -0.39 is 0 Å². The molecule has 0 aliphatic heterocycles. The summed E-state index contributed by atoms with van der Waals surface area (Å²) in [5, 5.41) is 1.94. The molecule has 0 N–H and O–H groups in total. The second-order valence-corrected chi connectivity index (χ2v) is 8.05. The number of carbonyl (C=O) groups is 1. The molecule has 0 saturated heterocycles. The fraction of sp³-hybridized carbons (Fsp3) is 0.160. The van der Waals surface area contributed by atoms with Crippen molar-refractivity contribution in [1.82, 2.24) is 9.47 Å². The number of rotatable bonds is 8. The molecule has 2 aromatic carbocycles. The van der Waals surface area contributed by atoms with Gasteiger partial charge in [0.05, 0.1) is 18.5 Å². The van der Waals surface area contributed by atoms with Crippen LogP contribution in [0.5, 0.6) is 5.75 Å². The molecule has 152 valence electrons. The minimum absolute atomic E-state index is 0.0583. The topological polar surface area (TPSA) is 34.5 Å². The molecule has 4 aromatic rings.